The van der Waals surface area contributed by atoms with E-state index in [1.807, 2.05) is 20.8 Å². The number of hydrogen-bond donors (Lipinski definition) is 0. The minimum Gasteiger partial charge on any atom is -0.339 e. The van der Waals surface area contributed by atoms with Crippen LogP contribution in [-0.2, 0) is 16.6 Å². The maximum atomic E-state index is 12.7. The van der Waals surface area contributed by atoms with Crippen LogP contribution in [0.1, 0.15) is 58.2 Å². The molecule has 1 amide bonds. The van der Waals surface area contributed by atoms with E-state index in [9.17, 15) is 9.18 Å². The van der Waals surface area contributed by atoms with Crippen LogP contribution in [0.2, 0.25) is 0 Å². The zero-order chi connectivity index (χ0) is 21.4. The Morgan fingerprint density at radius 1 is 1.31 bits per heavy atom. The topological polar surface area (TPSA) is 72.1 Å². The molecule has 158 valence electrons. The van der Waals surface area contributed by atoms with Gasteiger partial charge < -0.3 is 4.52 Å². The molecule has 2 aromatic heterocycles. The standard InChI is InChI=1S/C21H28BrFN4O2/c1-15(9-11-23)19(28)27(17-14-16(22)10-12-24-17)13-7-5-6-8-18-25-20(26-29-18)21(2,3)4/h10,12,14H,1,5-9,11,13H2,2-4H3. The number of carbonyl (C=O) groups is 1. The Labute approximate surface area is 179 Å². The van der Waals surface area contributed by atoms with E-state index in [1.54, 1.807) is 23.2 Å². The first-order valence-corrected chi connectivity index (χ1v) is 10.5. The maximum absolute atomic E-state index is 12.7. The SMILES string of the molecule is C=C(CCF)C(=O)N(CCCCCc1nc(C(C)(C)C)no1)c1cc(Br)ccn1. The van der Waals surface area contributed by atoms with E-state index < -0.39 is 6.67 Å². The number of anilines is 1. The quantitative estimate of drug-likeness (QED) is 0.355. The lowest BCUT2D eigenvalue weighted by Crippen LogP contribution is -2.33. The Morgan fingerprint density at radius 2 is 2.07 bits per heavy atom. The molecule has 0 N–H and O–H groups in total. The van der Waals surface area contributed by atoms with Crippen molar-refractivity contribution < 1.29 is 13.7 Å². The van der Waals surface area contributed by atoms with Gasteiger partial charge in [-0.25, -0.2) is 4.98 Å². The molecule has 0 unspecified atom stereocenters. The van der Waals surface area contributed by atoms with Gasteiger partial charge in [0, 0.05) is 41.0 Å². The Balaban J connectivity index is 1.91. The number of aryl methyl sites for hydroxylation is 1. The summed E-state index contributed by atoms with van der Waals surface area (Å²) in [6.07, 6.45) is 4.85. The number of pyridine rings is 1. The first kappa shape index (κ1) is 23.2. The van der Waals surface area contributed by atoms with Gasteiger partial charge in [0.2, 0.25) is 5.89 Å². The molecule has 0 spiro atoms. The molecule has 2 heterocycles. The van der Waals surface area contributed by atoms with Gasteiger partial charge in [-0.3, -0.25) is 14.1 Å². The van der Waals surface area contributed by atoms with Crippen molar-refractivity contribution in [2.45, 2.75) is 58.3 Å². The van der Waals surface area contributed by atoms with Crippen molar-refractivity contribution in [1.29, 1.82) is 0 Å². The van der Waals surface area contributed by atoms with Crippen molar-refractivity contribution in [2.24, 2.45) is 0 Å². The number of aromatic nitrogens is 3. The van der Waals surface area contributed by atoms with E-state index in [2.05, 4.69) is 37.6 Å². The van der Waals surface area contributed by atoms with E-state index in [1.165, 1.54) is 0 Å². The number of carbonyl (C=O) groups excluding carboxylic acids is 1. The highest BCUT2D eigenvalue weighted by Crippen LogP contribution is 2.21. The summed E-state index contributed by atoms with van der Waals surface area (Å²) in [5.41, 5.74) is 0.108. The molecule has 29 heavy (non-hydrogen) atoms. The van der Waals surface area contributed by atoms with Gasteiger partial charge in [0.1, 0.15) is 5.82 Å². The number of rotatable bonds is 10. The lowest BCUT2D eigenvalue weighted by molar-refractivity contribution is -0.115. The lowest BCUT2D eigenvalue weighted by atomic mass is 9.96. The predicted molar refractivity (Wildman–Crippen MR) is 115 cm³/mol. The molecule has 0 radical (unpaired) electrons. The van der Waals surface area contributed by atoms with Crippen LogP contribution in [0.3, 0.4) is 0 Å². The molecule has 0 fully saturated rings. The summed E-state index contributed by atoms with van der Waals surface area (Å²) in [7, 11) is 0. The van der Waals surface area contributed by atoms with E-state index in [4.69, 9.17) is 4.52 Å². The zero-order valence-corrected chi connectivity index (χ0v) is 18.8. The Morgan fingerprint density at radius 3 is 2.69 bits per heavy atom. The number of alkyl halides is 1. The minimum atomic E-state index is -0.606. The molecule has 0 atom stereocenters. The summed E-state index contributed by atoms with van der Waals surface area (Å²) in [4.78, 5) is 23.0. The van der Waals surface area contributed by atoms with Gasteiger partial charge in [-0.2, -0.15) is 4.98 Å². The number of halogens is 2. The first-order chi connectivity index (χ1) is 13.7. The van der Waals surface area contributed by atoms with Crippen molar-refractivity contribution >= 4 is 27.7 Å². The molecular formula is C21H28BrFN4O2. The van der Waals surface area contributed by atoms with Gasteiger partial charge in [0.05, 0.1) is 6.67 Å². The zero-order valence-electron chi connectivity index (χ0n) is 17.3. The summed E-state index contributed by atoms with van der Waals surface area (Å²) >= 11 is 3.40. The Hall–Kier alpha value is -2.09. The van der Waals surface area contributed by atoms with Crippen molar-refractivity contribution in [3.63, 3.8) is 0 Å². The lowest BCUT2D eigenvalue weighted by Gasteiger charge is -2.22. The van der Waals surface area contributed by atoms with Gasteiger partial charge in [0.15, 0.2) is 5.82 Å². The van der Waals surface area contributed by atoms with Crippen LogP contribution in [0.5, 0.6) is 0 Å². The first-order valence-electron chi connectivity index (χ1n) is 9.72. The van der Waals surface area contributed by atoms with Gasteiger partial charge in [-0.15, -0.1) is 0 Å². The second-order valence-electron chi connectivity index (χ2n) is 7.90. The van der Waals surface area contributed by atoms with E-state index in [-0.39, 0.29) is 23.3 Å². The van der Waals surface area contributed by atoms with Crippen LogP contribution in [0.15, 0.2) is 39.5 Å². The Bertz CT molecular complexity index is 832. The largest absolute Gasteiger partial charge is 0.339 e. The fraction of sp³-hybridized carbons (Fsp3) is 0.524. The minimum absolute atomic E-state index is 0.0244. The highest BCUT2D eigenvalue weighted by atomic mass is 79.9. The van der Waals surface area contributed by atoms with Crippen LogP contribution in [0.4, 0.5) is 10.2 Å². The molecule has 6 nitrogen and oxygen atoms in total. The summed E-state index contributed by atoms with van der Waals surface area (Å²) in [6.45, 7) is 9.72. The second-order valence-corrected chi connectivity index (χ2v) is 8.82. The van der Waals surface area contributed by atoms with Gasteiger partial charge in [-0.05, 0) is 25.0 Å². The van der Waals surface area contributed by atoms with Gasteiger partial charge in [-0.1, -0.05) is 54.9 Å². The number of amides is 1. The summed E-state index contributed by atoms with van der Waals surface area (Å²) < 4.78 is 18.8. The van der Waals surface area contributed by atoms with Crippen LogP contribution in [0.25, 0.3) is 0 Å². The molecule has 2 rings (SSSR count). The molecule has 0 aromatic carbocycles. The second kappa shape index (κ2) is 10.6. The third-order valence-corrected chi connectivity index (χ3v) is 4.83. The van der Waals surface area contributed by atoms with Crippen molar-refractivity contribution in [3.05, 3.63) is 46.7 Å². The van der Waals surface area contributed by atoms with Gasteiger partial charge >= 0.3 is 0 Å². The molecular weight excluding hydrogens is 439 g/mol. The van der Waals surface area contributed by atoms with Crippen molar-refractivity contribution in [3.8, 4) is 0 Å². The fourth-order valence-electron chi connectivity index (χ4n) is 2.66. The molecule has 0 bridgehead atoms. The highest BCUT2D eigenvalue weighted by Gasteiger charge is 2.21. The summed E-state index contributed by atoms with van der Waals surface area (Å²) in [5, 5.41) is 4.03. The molecule has 0 aliphatic rings. The smallest absolute Gasteiger partial charge is 0.254 e. The molecule has 0 aliphatic carbocycles. The number of hydrogen-bond acceptors (Lipinski definition) is 5. The van der Waals surface area contributed by atoms with Crippen LogP contribution in [0, 0.1) is 0 Å². The van der Waals surface area contributed by atoms with Gasteiger partial charge in [0.25, 0.3) is 5.91 Å². The van der Waals surface area contributed by atoms with Crippen molar-refractivity contribution in [1.82, 2.24) is 15.1 Å². The van der Waals surface area contributed by atoms with E-state index in [0.29, 0.717) is 30.5 Å². The molecule has 8 heteroatoms. The van der Waals surface area contributed by atoms with Crippen LogP contribution in [-0.4, -0.2) is 34.3 Å². The average Bonchev–Trinajstić information content (AvgIpc) is 3.14. The summed E-state index contributed by atoms with van der Waals surface area (Å²) in [6, 6.07) is 3.56. The maximum Gasteiger partial charge on any atom is 0.254 e. The molecule has 0 saturated heterocycles. The predicted octanol–water partition coefficient (Wildman–Crippen LogP) is 5.19. The van der Waals surface area contributed by atoms with Crippen LogP contribution < -0.4 is 4.90 Å². The normalized spacial score (nSPS) is 11.5. The van der Waals surface area contributed by atoms with Crippen LogP contribution >= 0.6 is 15.9 Å². The van der Waals surface area contributed by atoms with Crippen molar-refractivity contribution in [2.75, 3.05) is 18.1 Å². The summed E-state index contributed by atoms with van der Waals surface area (Å²) in [5.74, 6) is 1.57. The Kier molecular flexibility index (Phi) is 8.49. The van der Waals surface area contributed by atoms with E-state index >= 15 is 0 Å². The van der Waals surface area contributed by atoms with E-state index in [0.717, 1.165) is 23.7 Å². The third kappa shape index (κ3) is 7.03. The molecule has 0 saturated carbocycles. The molecule has 2 aromatic rings. The highest BCUT2D eigenvalue weighted by molar-refractivity contribution is 9.10. The number of nitrogens with zero attached hydrogens (tertiary/aromatic N) is 4. The monoisotopic (exact) mass is 466 g/mol. The average molecular weight is 467 g/mol. The number of unbranched alkanes of at least 4 members (excludes halogenated alkanes) is 2. The molecule has 0 aliphatic heterocycles. The fourth-order valence-corrected chi connectivity index (χ4v) is 2.98. The third-order valence-electron chi connectivity index (χ3n) is 4.34.